The molecule has 0 bridgehead atoms. The highest BCUT2D eigenvalue weighted by Gasteiger charge is 2.36. The molecule has 1 N–H and O–H groups in total. The van der Waals surface area contributed by atoms with Crippen LogP contribution < -0.4 is 5.32 Å². The highest BCUT2D eigenvalue weighted by molar-refractivity contribution is 5.06. The van der Waals surface area contributed by atoms with Gasteiger partial charge in [-0.3, -0.25) is 4.68 Å². The van der Waals surface area contributed by atoms with Gasteiger partial charge in [0.25, 0.3) is 0 Å². The van der Waals surface area contributed by atoms with Crippen molar-refractivity contribution in [1.82, 2.24) is 15.1 Å². The van der Waals surface area contributed by atoms with Crippen molar-refractivity contribution in [3.63, 3.8) is 0 Å². The van der Waals surface area contributed by atoms with Crippen molar-refractivity contribution in [2.75, 3.05) is 13.1 Å². The van der Waals surface area contributed by atoms with E-state index in [2.05, 4.69) is 30.5 Å². The molecule has 0 aliphatic carbocycles. The lowest BCUT2D eigenvalue weighted by Crippen LogP contribution is -2.54. The van der Waals surface area contributed by atoms with E-state index in [1.54, 1.807) is 0 Å². The van der Waals surface area contributed by atoms with Crippen molar-refractivity contribution in [2.24, 2.45) is 18.4 Å². The molecule has 2 rings (SSSR count). The second-order valence-electron chi connectivity index (χ2n) is 5.72. The zero-order chi connectivity index (χ0) is 11.6. The molecule has 0 aromatic carbocycles. The van der Waals surface area contributed by atoms with E-state index in [1.807, 2.05) is 17.9 Å². The summed E-state index contributed by atoms with van der Waals surface area (Å²) < 4.78 is 1.89. The molecule has 1 aromatic rings. The molecule has 0 atom stereocenters. The van der Waals surface area contributed by atoms with Gasteiger partial charge in [0.1, 0.15) is 0 Å². The fraction of sp³-hybridized carbons (Fsp3) is 0.769. The summed E-state index contributed by atoms with van der Waals surface area (Å²) in [6.45, 7) is 7.05. The van der Waals surface area contributed by atoms with Crippen LogP contribution in [0.3, 0.4) is 0 Å². The molecule has 16 heavy (non-hydrogen) atoms. The fourth-order valence-corrected chi connectivity index (χ4v) is 2.78. The Labute approximate surface area is 98.2 Å². The van der Waals surface area contributed by atoms with E-state index < -0.39 is 0 Å². The van der Waals surface area contributed by atoms with Crippen molar-refractivity contribution in [3.8, 4) is 0 Å². The normalized spacial score (nSPS) is 18.8. The first kappa shape index (κ1) is 11.6. The standard InChI is InChI=1S/C13H23N3/c1-11(2)6-13(9-14-10-13)5-4-12-7-15-16(3)8-12/h7-8,11,14H,4-6,9-10H2,1-3H3. The molecule has 1 aliphatic heterocycles. The molecule has 3 nitrogen and oxygen atoms in total. The minimum atomic E-state index is 0.560. The van der Waals surface area contributed by atoms with Crippen LogP contribution in [-0.2, 0) is 13.5 Å². The van der Waals surface area contributed by atoms with Crippen LogP contribution in [0.1, 0.15) is 32.3 Å². The Balaban J connectivity index is 1.87. The zero-order valence-electron chi connectivity index (χ0n) is 10.7. The zero-order valence-corrected chi connectivity index (χ0v) is 10.7. The Morgan fingerprint density at radius 2 is 2.25 bits per heavy atom. The molecule has 0 unspecified atom stereocenters. The third kappa shape index (κ3) is 2.64. The van der Waals surface area contributed by atoms with Gasteiger partial charge in [-0.25, -0.2) is 0 Å². The summed E-state index contributed by atoms with van der Waals surface area (Å²) in [6, 6.07) is 0. The van der Waals surface area contributed by atoms with E-state index in [4.69, 9.17) is 0 Å². The Morgan fingerprint density at radius 3 is 2.69 bits per heavy atom. The van der Waals surface area contributed by atoms with Gasteiger partial charge in [0.15, 0.2) is 0 Å². The number of hydrogen-bond acceptors (Lipinski definition) is 2. The van der Waals surface area contributed by atoms with Crippen LogP contribution in [0.2, 0.25) is 0 Å². The molecule has 0 radical (unpaired) electrons. The first-order valence-electron chi connectivity index (χ1n) is 6.28. The maximum Gasteiger partial charge on any atom is 0.0521 e. The monoisotopic (exact) mass is 221 g/mol. The van der Waals surface area contributed by atoms with Crippen molar-refractivity contribution in [1.29, 1.82) is 0 Å². The van der Waals surface area contributed by atoms with Crippen molar-refractivity contribution in [2.45, 2.75) is 33.1 Å². The number of aromatic nitrogens is 2. The second kappa shape index (κ2) is 4.58. The van der Waals surface area contributed by atoms with E-state index in [9.17, 15) is 0 Å². The molecule has 0 saturated carbocycles. The molecule has 90 valence electrons. The van der Waals surface area contributed by atoms with E-state index in [0.717, 1.165) is 5.92 Å². The molecule has 0 amide bonds. The van der Waals surface area contributed by atoms with Crippen LogP contribution in [0.15, 0.2) is 12.4 Å². The Kier molecular flexibility index (Phi) is 3.33. The largest absolute Gasteiger partial charge is 0.316 e. The number of hydrogen-bond donors (Lipinski definition) is 1. The minimum absolute atomic E-state index is 0.560. The van der Waals surface area contributed by atoms with Crippen LogP contribution in [0, 0.1) is 11.3 Å². The van der Waals surface area contributed by atoms with Gasteiger partial charge >= 0.3 is 0 Å². The fourth-order valence-electron chi connectivity index (χ4n) is 2.78. The second-order valence-corrected chi connectivity index (χ2v) is 5.72. The van der Waals surface area contributed by atoms with Gasteiger partial charge in [0.05, 0.1) is 6.20 Å². The smallest absolute Gasteiger partial charge is 0.0521 e. The number of aryl methyl sites for hydroxylation is 2. The van der Waals surface area contributed by atoms with E-state index in [-0.39, 0.29) is 0 Å². The average Bonchev–Trinajstić information content (AvgIpc) is 2.55. The molecule has 1 aliphatic rings. The van der Waals surface area contributed by atoms with Crippen LogP contribution in [-0.4, -0.2) is 22.9 Å². The molecule has 0 spiro atoms. The summed E-state index contributed by atoms with van der Waals surface area (Å²) in [5.41, 5.74) is 1.93. The van der Waals surface area contributed by atoms with Crippen LogP contribution in [0.4, 0.5) is 0 Å². The Bertz CT molecular complexity index is 337. The summed E-state index contributed by atoms with van der Waals surface area (Å²) in [7, 11) is 1.98. The summed E-state index contributed by atoms with van der Waals surface area (Å²) in [5.74, 6) is 0.802. The SMILES string of the molecule is CC(C)CC1(CCc2cnn(C)c2)CNC1. The first-order valence-corrected chi connectivity index (χ1v) is 6.28. The molecule has 1 aromatic heterocycles. The maximum atomic E-state index is 4.22. The summed E-state index contributed by atoms with van der Waals surface area (Å²) in [5, 5.41) is 7.65. The predicted octanol–water partition coefficient (Wildman–Crippen LogP) is 1.99. The number of nitrogens with zero attached hydrogens (tertiary/aromatic N) is 2. The van der Waals surface area contributed by atoms with E-state index in [1.165, 1.54) is 37.9 Å². The first-order chi connectivity index (χ1) is 7.60. The summed E-state index contributed by atoms with van der Waals surface area (Å²) in [6.07, 6.45) is 7.94. The van der Waals surface area contributed by atoms with Gasteiger partial charge in [-0.15, -0.1) is 0 Å². The summed E-state index contributed by atoms with van der Waals surface area (Å²) >= 11 is 0. The molecular weight excluding hydrogens is 198 g/mol. The van der Waals surface area contributed by atoms with Crippen molar-refractivity contribution >= 4 is 0 Å². The quantitative estimate of drug-likeness (QED) is 0.824. The maximum absolute atomic E-state index is 4.22. The highest BCUT2D eigenvalue weighted by Crippen LogP contribution is 2.35. The molecule has 1 saturated heterocycles. The van der Waals surface area contributed by atoms with Gasteiger partial charge in [-0.2, -0.15) is 5.10 Å². The highest BCUT2D eigenvalue weighted by atomic mass is 15.2. The lowest BCUT2D eigenvalue weighted by atomic mass is 9.71. The van der Waals surface area contributed by atoms with Crippen LogP contribution >= 0.6 is 0 Å². The van der Waals surface area contributed by atoms with Gasteiger partial charge in [-0.1, -0.05) is 13.8 Å². The Hall–Kier alpha value is -0.830. The molecule has 2 heterocycles. The Morgan fingerprint density at radius 1 is 1.50 bits per heavy atom. The van der Waals surface area contributed by atoms with Gasteiger partial charge in [-0.05, 0) is 36.2 Å². The number of nitrogens with one attached hydrogen (secondary N) is 1. The van der Waals surface area contributed by atoms with Crippen LogP contribution in [0.5, 0.6) is 0 Å². The molecular formula is C13H23N3. The van der Waals surface area contributed by atoms with Crippen molar-refractivity contribution < 1.29 is 0 Å². The molecule has 1 fully saturated rings. The summed E-state index contributed by atoms with van der Waals surface area (Å²) in [4.78, 5) is 0. The minimum Gasteiger partial charge on any atom is -0.316 e. The predicted molar refractivity (Wildman–Crippen MR) is 66.3 cm³/mol. The van der Waals surface area contributed by atoms with Gasteiger partial charge in [0, 0.05) is 26.3 Å². The third-order valence-corrected chi connectivity index (χ3v) is 3.54. The lowest BCUT2D eigenvalue weighted by Gasteiger charge is -2.44. The van der Waals surface area contributed by atoms with E-state index >= 15 is 0 Å². The third-order valence-electron chi connectivity index (χ3n) is 3.54. The number of rotatable bonds is 5. The average molecular weight is 221 g/mol. The van der Waals surface area contributed by atoms with E-state index in [0.29, 0.717) is 5.41 Å². The topological polar surface area (TPSA) is 29.9 Å². The molecule has 3 heteroatoms. The lowest BCUT2D eigenvalue weighted by molar-refractivity contribution is 0.119. The van der Waals surface area contributed by atoms with Gasteiger partial charge in [0.2, 0.25) is 0 Å². The van der Waals surface area contributed by atoms with Crippen LogP contribution in [0.25, 0.3) is 0 Å². The van der Waals surface area contributed by atoms with Gasteiger partial charge < -0.3 is 5.32 Å². The van der Waals surface area contributed by atoms with Crippen molar-refractivity contribution in [3.05, 3.63) is 18.0 Å².